The molecule has 2 aromatic carbocycles. The molecule has 0 saturated carbocycles. The van der Waals surface area contributed by atoms with Crippen molar-refractivity contribution in [2.45, 2.75) is 19.9 Å². The van der Waals surface area contributed by atoms with Crippen LogP contribution in [-0.2, 0) is 0 Å². The Hall–Kier alpha value is -1.39. The van der Waals surface area contributed by atoms with Gasteiger partial charge in [0, 0.05) is 16.6 Å². The SMILES string of the molecule is Cc1ccc(Oc2ccc([C@@H](C)N)c(Br)c2)cc1F. The molecule has 0 saturated heterocycles. The van der Waals surface area contributed by atoms with Crippen molar-refractivity contribution < 1.29 is 9.13 Å². The van der Waals surface area contributed by atoms with Crippen LogP contribution in [0.2, 0.25) is 0 Å². The summed E-state index contributed by atoms with van der Waals surface area (Å²) < 4.78 is 19.9. The standard InChI is InChI=1S/C15H15BrFNO/c1-9-3-4-12(8-15(9)17)19-11-5-6-13(10(2)18)14(16)7-11/h3-8,10H,18H2,1-2H3/t10-/m1/s1. The van der Waals surface area contributed by atoms with E-state index >= 15 is 0 Å². The number of ether oxygens (including phenoxy) is 1. The van der Waals surface area contributed by atoms with Gasteiger partial charge < -0.3 is 10.5 Å². The lowest BCUT2D eigenvalue weighted by Gasteiger charge is -2.11. The molecule has 2 aromatic rings. The molecule has 1 atom stereocenters. The van der Waals surface area contributed by atoms with Crippen molar-refractivity contribution >= 4 is 15.9 Å². The summed E-state index contributed by atoms with van der Waals surface area (Å²) in [4.78, 5) is 0. The predicted molar refractivity (Wildman–Crippen MR) is 78.0 cm³/mol. The number of benzene rings is 2. The van der Waals surface area contributed by atoms with Gasteiger partial charge in [-0.3, -0.25) is 0 Å². The average Bonchev–Trinajstić information content (AvgIpc) is 2.33. The van der Waals surface area contributed by atoms with Gasteiger partial charge in [-0.05, 0) is 43.2 Å². The number of hydrogen-bond donors (Lipinski definition) is 1. The van der Waals surface area contributed by atoms with Gasteiger partial charge in [0.2, 0.25) is 0 Å². The van der Waals surface area contributed by atoms with Gasteiger partial charge in [0.1, 0.15) is 17.3 Å². The summed E-state index contributed by atoms with van der Waals surface area (Å²) in [6.07, 6.45) is 0. The topological polar surface area (TPSA) is 35.2 Å². The fraction of sp³-hybridized carbons (Fsp3) is 0.200. The van der Waals surface area contributed by atoms with E-state index in [4.69, 9.17) is 10.5 Å². The molecular weight excluding hydrogens is 309 g/mol. The van der Waals surface area contributed by atoms with Crippen molar-refractivity contribution in [3.63, 3.8) is 0 Å². The highest BCUT2D eigenvalue weighted by atomic mass is 79.9. The van der Waals surface area contributed by atoms with Crippen molar-refractivity contribution in [1.82, 2.24) is 0 Å². The van der Waals surface area contributed by atoms with Crippen LogP contribution in [0.4, 0.5) is 4.39 Å². The summed E-state index contributed by atoms with van der Waals surface area (Å²) in [5.41, 5.74) is 7.43. The molecule has 0 aliphatic rings. The van der Waals surface area contributed by atoms with Crippen molar-refractivity contribution in [1.29, 1.82) is 0 Å². The zero-order chi connectivity index (χ0) is 14.0. The molecule has 0 heterocycles. The molecule has 2 rings (SSSR count). The second kappa shape index (κ2) is 5.72. The minimum absolute atomic E-state index is 0.0553. The normalized spacial score (nSPS) is 12.3. The summed E-state index contributed by atoms with van der Waals surface area (Å²) in [5.74, 6) is 0.840. The fourth-order valence-electron chi connectivity index (χ4n) is 1.71. The minimum atomic E-state index is -0.274. The van der Waals surface area contributed by atoms with Crippen LogP contribution in [0.5, 0.6) is 11.5 Å². The van der Waals surface area contributed by atoms with Crippen LogP contribution >= 0.6 is 15.9 Å². The van der Waals surface area contributed by atoms with Gasteiger partial charge in [-0.2, -0.15) is 0 Å². The molecule has 19 heavy (non-hydrogen) atoms. The third-order valence-electron chi connectivity index (χ3n) is 2.84. The summed E-state index contributed by atoms with van der Waals surface area (Å²) in [6, 6.07) is 10.3. The van der Waals surface area contributed by atoms with Crippen molar-refractivity contribution in [3.8, 4) is 11.5 Å². The highest BCUT2D eigenvalue weighted by molar-refractivity contribution is 9.10. The molecule has 100 valence electrons. The van der Waals surface area contributed by atoms with E-state index in [0.29, 0.717) is 17.1 Å². The third-order valence-corrected chi connectivity index (χ3v) is 3.53. The van der Waals surface area contributed by atoms with Gasteiger partial charge in [-0.1, -0.05) is 28.1 Å². The largest absolute Gasteiger partial charge is 0.457 e. The number of aryl methyl sites for hydroxylation is 1. The van der Waals surface area contributed by atoms with Gasteiger partial charge in [-0.15, -0.1) is 0 Å². The minimum Gasteiger partial charge on any atom is -0.457 e. The first-order valence-corrected chi connectivity index (χ1v) is 6.75. The van der Waals surface area contributed by atoms with Crippen LogP contribution in [-0.4, -0.2) is 0 Å². The van der Waals surface area contributed by atoms with Crippen LogP contribution in [0.15, 0.2) is 40.9 Å². The summed E-state index contributed by atoms with van der Waals surface area (Å²) in [7, 11) is 0. The molecule has 2 nitrogen and oxygen atoms in total. The maximum absolute atomic E-state index is 13.4. The van der Waals surface area contributed by atoms with Gasteiger partial charge in [0.05, 0.1) is 0 Å². The van der Waals surface area contributed by atoms with Gasteiger partial charge in [-0.25, -0.2) is 4.39 Å². The second-order valence-electron chi connectivity index (χ2n) is 4.49. The molecule has 2 N–H and O–H groups in total. The first-order chi connectivity index (χ1) is 8.97. The van der Waals surface area contributed by atoms with Crippen LogP contribution in [0.25, 0.3) is 0 Å². The molecular formula is C15H15BrFNO. The quantitative estimate of drug-likeness (QED) is 0.887. The van der Waals surface area contributed by atoms with E-state index in [0.717, 1.165) is 10.0 Å². The molecule has 0 bridgehead atoms. The lowest BCUT2D eigenvalue weighted by atomic mass is 10.1. The zero-order valence-electron chi connectivity index (χ0n) is 10.8. The maximum atomic E-state index is 13.4. The molecule has 0 aliphatic heterocycles. The van der Waals surface area contributed by atoms with Gasteiger partial charge in [0.25, 0.3) is 0 Å². The fourth-order valence-corrected chi connectivity index (χ4v) is 2.43. The van der Waals surface area contributed by atoms with E-state index in [1.165, 1.54) is 6.07 Å². The Morgan fingerprint density at radius 3 is 2.37 bits per heavy atom. The lowest BCUT2D eigenvalue weighted by molar-refractivity contribution is 0.475. The van der Waals surface area contributed by atoms with Crippen molar-refractivity contribution in [2.24, 2.45) is 5.73 Å². The number of hydrogen-bond acceptors (Lipinski definition) is 2. The van der Waals surface area contributed by atoms with E-state index in [2.05, 4.69) is 15.9 Å². The average molecular weight is 324 g/mol. The summed E-state index contributed by atoms with van der Waals surface area (Å²) in [6.45, 7) is 3.63. The Bertz CT molecular complexity index is 599. The van der Waals surface area contributed by atoms with E-state index in [9.17, 15) is 4.39 Å². The van der Waals surface area contributed by atoms with E-state index in [1.807, 2.05) is 25.1 Å². The van der Waals surface area contributed by atoms with Crippen molar-refractivity contribution in [3.05, 3.63) is 57.8 Å². The summed E-state index contributed by atoms with van der Waals surface area (Å²) >= 11 is 3.45. The first-order valence-electron chi connectivity index (χ1n) is 5.96. The zero-order valence-corrected chi connectivity index (χ0v) is 12.4. The monoisotopic (exact) mass is 323 g/mol. The van der Waals surface area contributed by atoms with E-state index in [-0.39, 0.29) is 11.9 Å². The van der Waals surface area contributed by atoms with E-state index in [1.54, 1.807) is 19.1 Å². The van der Waals surface area contributed by atoms with E-state index < -0.39 is 0 Å². The van der Waals surface area contributed by atoms with Crippen LogP contribution in [0.3, 0.4) is 0 Å². The van der Waals surface area contributed by atoms with Crippen LogP contribution in [0, 0.1) is 12.7 Å². The third kappa shape index (κ3) is 3.33. The highest BCUT2D eigenvalue weighted by Crippen LogP contribution is 2.30. The number of halogens is 2. The maximum Gasteiger partial charge on any atom is 0.130 e. The Balaban J connectivity index is 2.24. The molecule has 0 radical (unpaired) electrons. The van der Waals surface area contributed by atoms with Crippen molar-refractivity contribution in [2.75, 3.05) is 0 Å². The Kier molecular flexibility index (Phi) is 4.22. The smallest absolute Gasteiger partial charge is 0.130 e. The molecule has 0 aromatic heterocycles. The Morgan fingerprint density at radius 1 is 1.16 bits per heavy atom. The Labute approximate surface area is 120 Å². The molecule has 4 heteroatoms. The van der Waals surface area contributed by atoms with Gasteiger partial charge in [0.15, 0.2) is 0 Å². The number of nitrogens with two attached hydrogens (primary N) is 1. The van der Waals surface area contributed by atoms with Crippen LogP contribution < -0.4 is 10.5 Å². The Morgan fingerprint density at radius 2 is 1.79 bits per heavy atom. The molecule has 0 aliphatic carbocycles. The second-order valence-corrected chi connectivity index (χ2v) is 5.34. The molecule has 0 unspecified atom stereocenters. The first kappa shape index (κ1) is 14.0. The number of rotatable bonds is 3. The van der Waals surface area contributed by atoms with Gasteiger partial charge >= 0.3 is 0 Å². The molecule has 0 amide bonds. The molecule has 0 fully saturated rings. The van der Waals surface area contributed by atoms with Crippen LogP contribution in [0.1, 0.15) is 24.1 Å². The predicted octanol–water partition coefficient (Wildman–Crippen LogP) is 4.71. The summed E-state index contributed by atoms with van der Waals surface area (Å²) in [5, 5.41) is 0. The lowest BCUT2D eigenvalue weighted by Crippen LogP contribution is -2.05. The molecule has 0 spiro atoms. The highest BCUT2D eigenvalue weighted by Gasteiger charge is 2.07.